The van der Waals surface area contributed by atoms with Crippen LogP contribution in [0.1, 0.15) is 30.5 Å². The molecule has 1 aromatic carbocycles. The highest BCUT2D eigenvalue weighted by atomic mass is 16.6. The lowest BCUT2D eigenvalue weighted by molar-refractivity contribution is -0.385. The Kier molecular flexibility index (Phi) is 3.62. The van der Waals surface area contributed by atoms with Crippen molar-refractivity contribution in [2.45, 2.75) is 32.2 Å². The fourth-order valence-corrected chi connectivity index (χ4v) is 2.65. The number of carbonyl (C=O) groups excluding carboxylic acids is 1. The number of rotatable bonds is 4. The average molecular weight is 300 g/mol. The normalized spacial score (nSPS) is 14.4. The molecule has 3 rings (SSSR count). The Hall–Kier alpha value is -2.70. The Morgan fingerprint density at radius 2 is 2.18 bits per heavy atom. The SMILES string of the molecule is C[C@@H](C(=O)Nc1ccc2c(c1)CCC2)n1cc([N+](=O)[O-])cn1. The zero-order chi connectivity index (χ0) is 15.7. The van der Waals surface area contributed by atoms with Gasteiger partial charge in [-0.2, -0.15) is 5.10 Å². The molecule has 0 aliphatic heterocycles. The molecule has 0 radical (unpaired) electrons. The molecule has 0 saturated carbocycles. The fraction of sp³-hybridized carbons (Fsp3) is 0.333. The van der Waals surface area contributed by atoms with E-state index in [1.54, 1.807) is 6.92 Å². The zero-order valence-electron chi connectivity index (χ0n) is 12.2. The second-order valence-corrected chi connectivity index (χ2v) is 5.44. The minimum Gasteiger partial charge on any atom is -0.324 e. The molecule has 0 fully saturated rings. The number of anilines is 1. The number of nitrogens with zero attached hydrogens (tertiary/aromatic N) is 3. The number of hydrogen-bond acceptors (Lipinski definition) is 4. The van der Waals surface area contributed by atoms with Crippen molar-refractivity contribution < 1.29 is 9.72 Å². The van der Waals surface area contributed by atoms with Gasteiger partial charge in [-0.25, -0.2) is 0 Å². The van der Waals surface area contributed by atoms with Gasteiger partial charge in [0.25, 0.3) is 0 Å². The van der Waals surface area contributed by atoms with Gasteiger partial charge in [0.05, 0.1) is 4.92 Å². The predicted molar refractivity (Wildman–Crippen MR) is 80.7 cm³/mol. The van der Waals surface area contributed by atoms with E-state index < -0.39 is 11.0 Å². The van der Waals surface area contributed by atoms with E-state index in [4.69, 9.17) is 0 Å². The Bertz CT molecular complexity index is 738. The molecule has 1 atom stereocenters. The molecule has 2 aromatic rings. The van der Waals surface area contributed by atoms with Crippen molar-refractivity contribution in [2.75, 3.05) is 5.32 Å². The van der Waals surface area contributed by atoms with Gasteiger partial charge in [-0.1, -0.05) is 6.07 Å². The number of hydrogen-bond donors (Lipinski definition) is 1. The summed E-state index contributed by atoms with van der Waals surface area (Å²) in [6.45, 7) is 1.65. The summed E-state index contributed by atoms with van der Waals surface area (Å²) >= 11 is 0. The van der Waals surface area contributed by atoms with Gasteiger partial charge in [-0.3, -0.25) is 19.6 Å². The Labute approximate surface area is 127 Å². The molecule has 1 aliphatic carbocycles. The van der Waals surface area contributed by atoms with E-state index in [9.17, 15) is 14.9 Å². The summed E-state index contributed by atoms with van der Waals surface area (Å²) in [5, 5.41) is 17.4. The molecule has 114 valence electrons. The largest absolute Gasteiger partial charge is 0.324 e. The Balaban J connectivity index is 1.71. The molecule has 0 saturated heterocycles. The summed E-state index contributed by atoms with van der Waals surface area (Å²) in [5.41, 5.74) is 3.24. The van der Waals surface area contributed by atoms with Gasteiger partial charge in [-0.15, -0.1) is 0 Å². The molecule has 1 amide bonds. The first-order valence-electron chi connectivity index (χ1n) is 7.16. The first kappa shape index (κ1) is 14.2. The summed E-state index contributed by atoms with van der Waals surface area (Å²) in [6.07, 6.45) is 5.68. The van der Waals surface area contributed by atoms with Crippen molar-refractivity contribution in [3.05, 3.63) is 51.8 Å². The number of nitrogens with one attached hydrogen (secondary N) is 1. The topological polar surface area (TPSA) is 90.1 Å². The van der Waals surface area contributed by atoms with Gasteiger partial charge in [0.1, 0.15) is 18.4 Å². The van der Waals surface area contributed by atoms with Crippen LogP contribution in [0, 0.1) is 10.1 Å². The first-order chi connectivity index (χ1) is 10.5. The number of aromatic nitrogens is 2. The van der Waals surface area contributed by atoms with Crippen molar-refractivity contribution in [3.63, 3.8) is 0 Å². The molecule has 1 heterocycles. The lowest BCUT2D eigenvalue weighted by atomic mass is 10.1. The zero-order valence-corrected chi connectivity index (χ0v) is 12.2. The molecule has 7 nitrogen and oxygen atoms in total. The van der Waals surface area contributed by atoms with Crippen molar-refractivity contribution in [1.29, 1.82) is 0 Å². The van der Waals surface area contributed by atoms with Crippen molar-refractivity contribution in [3.8, 4) is 0 Å². The van der Waals surface area contributed by atoms with Crippen molar-refractivity contribution in [2.24, 2.45) is 0 Å². The standard InChI is InChI=1S/C15H16N4O3/c1-10(18-9-14(8-16-18)19(21)22)15(20)17-13-6-5-11-3-2-4-12(11)7-13/h5-10H,2-4H2,1H3,(H,17,20)/t10-/m0/s1. The molecular weight excluding hydrogens is 284 g/mol. The summed E-state index contributed by atoms with van der Waals surface area (Å²) in [5.74, 6) is -0.254. The van der Waals surface area contributed by atoms with Crippen LogP contribution in [-0.4, -0.2) is 20.6 Å². The lowest BCUT2D eigenvalue weighted by Gasteiger charge is -2.13. The summed E-state index contributed by atoms with van der Waals surface area (Å²) < 4.78 is 1.29. The van der Waals surface area contributed by atoms with Crippen molar-refractivity contribution >= 4 is 17.3 Å². The summed E-state index contributed by atoms with van der Waals surface area (Å²) in [4.78, 5) is 22.4. The van der Waals surface area contributed by atoms with Gasteiger partial charge in [0.15, 0.2) is 0 Å². The van der Waals surface area contributed by atoms with Gasteiger partial charge in [-0.05, 0) is 49.4 Å². The van der Waals surface area contributed by atoms with Gasteiger partial charge in [0, 0.05) is 5.69 Å². The third-order valence-corrected chi connectivity index (χ3v) is 3.94. The highest BCUT2D eigenvalue weighted by Crippen LogP contribution is 2.25. The number of carbonyl (C=O) groups is 1. The van der Waals surface area contributed by atoms with Crippen LogP contribution in [-0.2, 0) is 17.6 Å². The summed E-state index contributed by atoms with van der Waals surface area (Å²) in [6, 6.07) is 5.31. The first-order valence-corrected chi connectivity index (χ1v) is 7.16. The van der Waals surface area contributed by atoms with Crippen LogP contribution in [0.3, 0.4) is 0 Å². The number of nitro groups is 1. The maximum Gasteiger partial charge on any atom is 0.307 e. The van der Waals surface area contributed by atoms with Crippen LogP contribution < -0.4 is 5.32 Å². The fourth-order valence-electron chi connectivity index (χ4n) is 2.65. The molecule has 1 aromatic heterocycles. The van der Waals surface area contributed by atoms with Gasteiger partial charge in [0.2, 0.25) is 5.91 Å². The highest BCUT2D eigenvalue weighted by Gasteiger charge is 2.20. The van der Waals surface area contributed by atoms with Crippen LogP contribution in [0.5, 0.6) is 0 Å². The van der Waals surface area contributed by atoms with E-state index in [-0.39, 0.29) is 11.6 Å². The van der Waals surface area contributed by atoms with E-state index in [0.29, 0.717) is 0 Å². The van der Waals surface area contributed by atoms with Crippen LogP contribution in [0.25, 0.3) is 0 Å². The van der Waals surface area contributed by atoms with E-state index in [0.717, 1.165) is 31.1 Å². The van der Waals surface area contributed by atoms with E-state index in [1.807, 2.05) is 18.2 Å². The molecule has 0 bridgehead atoms. The lowest BCUT2D eigenvalue weighted by Crippen LogP contribution is -2.24. The maximum atomic E-state index is 12.3. The Morgan fingerprint density at radius 1 is 1.41 bits per heavy atom. The van der Waals surface area contributed by atoms with Crippen LogP contribution in [0.2, 0.25) is 0 Å². The van der Waals surface area contributed by atoms with E-state index in [2.05, 4.69) is 10.4 Å². The molecule has 7 heteroatoms. The van der Waals surface area contributed by atoms with Gasteiger partial charge >= 0.3 is 5.69 Å². The molecule has 1 aliphatic rings. The van der Waals surface area contributed by atoms with Crippen LogP contribution >= 0.6 is 0 Å². The number of fused-ring (bicyclic) bond motifs is 1. The molecule has 1 N–H and O–H groups in total. The maximum absolute atomic E-state index is 12.3. The van der Waals surface area contributed by atoms with E-state index >= 15 is 0 Å². The van der Waals surface area contributed by atoms with Crippen LogP contribution in [0.15, 0.2) is 30.6 Å². The van der Waals surface area contributed by atoms with Crippen molar-refractivity contribution in [1.82, 2.24) is 9.78 Å². The summed E-state index contributed by atoms with van der Waals surface area (Å²) in [7, 11) is 0. The molecule has 22 heavy (non-hydrogen) atoms. The molecule has 0 spiro atoms. The monoisotopic (exact) mass is 300 g/mol. The smallest absolute Gasteiger partial charge is 0.307 e. The number of benzene rings is 1. The Morgan fingerprint density at radius 3 is 2.91 bits per heavy atom. The minimum absolute atomic E-state index is 0.128. The second kappa shape index (κ2) is 5.59. The average Bonchev–Trinajstić information content (AvgIpc) is 3.15. The molecular formula is C15H16N4O3. The number of amides is 1. The highest BCUT2D eigenvalue weighted by molar-refractivity contribution is 5.93. The minimum atomic E-state index is -0.623. The third kappa shape index (κ3) is 2.69. The quantitative estimate of drug-likeness (QED) is 0.693. The second-order valence-electron chi connectivity index (χ2n) is 5.44. The number of aryl methyl sites for hydroxylation is 2. The van der Waals surface area contributed by atoms with Crippen LogP contribution in [0.4, 0.5) is 11.4 Å². The molecule has 0 unspecified atom stereocenters. The third-order valence-electron chi connectivity index (χ3n) is 3.94. The van der Waals surface area contributed by atoms with Gasteiger partial charge < -0.3 is 5.32 Å². The predicted octanol–water partition coefficient (Wildman–Crippen LogP) is 2.48. The van der Waals surface area contributed by atoms with E-state index in [1.165, 1.54) is 22.0 Å².